The highest BCUT2D eigenvalue weighted by Crippen LogP contribution is 2.22. The van der Waals surface area contributed by atoms with Crippen molar-refractivity contribution in [3.05, 3.63) is 41.4 Å². The van der Waals surface area contributed by atoms with Gasteiger partial charge in [-0.2, -0.15) is 8.42 Å². The second-order valence-corrected chi connectivity index (χ2v) is 8.46. The van der Waals surface area contributed by atoms with Gasteiger partial charge in [0, 0.05) is 5.57 Å². The summed E-state index contributed by atoms with van der Waals surface area (Å²) in [6, 6.07) is 7.16. The summed E-state index contributed by atoms with van der Waals surface area (Å²) in [5.41, 5.74) is 0.501. The molecule has 0 saturated carbocycles. The predicted octanol–water partition coefficient (Wildman–Crippen LogP) is 2.42. The van der Waals surface area contributed by atoms with Crippen molar-refractivity contribution in [3.8, 4) is 0 Å². The summed E-state index contributed by atoms with van der Waals surface area (Å²) in [7, 11) is -4.11. The van der Waals surface area contributed by atoms with E-state index in [0.29, 0.717) is 5.52 Å². The first-order valence-corrected chi connectivity index (χ1v) is 11.0. The summed E-state index contributed by atoms with van der Waals surface area (Å²) in [6.07, 6.45) is -0.00719. The molecule has 0 fully saturated rings. The quantitative estimate of drug-likeness (QED) is 0.182. The SMILES string of the molecule is C=C(C)C(=O)OCCCS(=O)(=O)O/N=C(\C(=O)OCC)c1nc2ccccc2s1. The number of oxime groups is 1. The summed E-state index contributed by atoms with van der Waals surface area (Å²) in [5.74, 6) is -1.92. The van der Waals surface area contributed by atoms with Crippen molar-refractivity contribution in [3.63, 3.8) is 0 Å². The van der Waals surface area contributed by atoms with Gasteiger partial charge in [-0.05, 0) is 32.4 Å². The van der Waals surface area contributed by atoms with Gasteiger partial charge in [0.1, 0.15) is 0 Å². The second kappa shape index (κ2) is 10.1. The maximum absolute atomic E-state index is 12.2. The van der Waals surface area contributed by atoms with Crippen molar-refractivity contribution < 1.29 is 31.8 Å². The maximum Gasteiger partial charge on any atom is 0.363 e. The molecule has 2 aromatic rings. The van der Waals surface area contributed by atoms with Gasteiger partial charge >= 0.3 is 22.1 Å². The predicted molar refractivity (Wildman–Crippen MR) is 108 cm³/mol. The number of benzene rings is 1. The summed E-state index contributed by atoms with van der Waals surface area (Å²) in [6.45, 7) is 6.46. The van der Waals surface area contributed by atoms with E-state index in [4.69, 9.17) is 9.47 Å². The number of para-hydroxylation sites is 1. The number of rotatable bonds is 10. The molecule has 1 heterocycles. The summed E-state index contributed by atoms with van der Waals surface area (Å²) in [5, 5.41) is 3.68. The molecule has 0 bridgehead atoms. The van der Waals surface area contributed by atoms with Crippen LogP contribution in [0.1, 0.15) is 25.3 Å². The fourth-order valence-corrected chi connectivity index (χ4v) is 3.66. The van der Waals surface area contributed by atoms with E-state index in [1.54, 1.807) is 19.1 Å². The molecule has 0 aliphatic rings. The minimum atomic E-state index is -4.11. The third-order valence-corrected chi connectivity index (χ3v) is 5.46. The van der Waals surface area contributed by atoms with Crippen LogP contribution < -0.4 is 0 Å². The lowest BCUT2D eigenvalue weighted by atomic mass is 10.3. The molecular weight excluding hydrogens is 420 g/mol. The first kappa shape index (κ1) is 22.5. The Kier molecular flexibility index (Phi) is 7.85. The number of nitrogens with zero attached hydrogens (tertiary/aromatic N) is 2. The number of aromatic nitrogens is 1. The molecule has 156 valence electrons. The van der Waals surface area contributed by atoms with E-state index in [1.165, 1.54) is 6.92 Å². The standard InChI is InChI=1S/C18H20N2O7S2/c1-4-25-18(22)15(16-19-13-8-5-6-9-14(13)28-16)20-27-29(23,24)11-7-10-26-17(21)12(2)3/h5-6,8-9H,2,4,7,10-11H2,1,3H3/b20-15-. The normalized spacial score (nSPS) is 11.9. The van der Waals surface area contributed by atoms with E-state index in [2.05, 4.69) is 21.0 Å². The summed E-state index contributed by atoms with van der Waals surface area (Å²) >= 11 is 1.15. The van der Waals surface area contributed by atoms with Crippen LogP contribution in [0.15, 0.2) is 41.6 Å². The van der Waals surface area contributed by atoms with Crippen LogP contribution in [0.25, 0.3) is 10.2 Å². The van der Waals surface area contributed by atoms with Crippen LogP contribution in [0.3, 0.4) is 0 Å². The number of esters is 2. The molecule has 1 aromatic heterocycles. The van der Waals surface area contributed by atoms with Gasteiger partial charge in [-0.25, -0.2) is 14.6 Å². The molecule has 11 heteroatoms. The number of hydrogen-bond donors (Lipinski definition) is 0. The minimum absolute atomic E-state index is 0.00719. The van der Waals surface area contributed by atoms with Gasteiger partial charge in [0.2, 0.25) is 5.71 Å². The maximum atomic E-state index is 12.2. The Balaban J connectivity index is 2.11. The Morgan fingerprint density at radius 2 is 1.93 bits per heavy atom. The number of hydrogen-bond acceptors (Lipinski definition) is 10. The zero-order valence-corrected chi connectivity index (χ0v) is 17.5. The molecule has 1 aromatic carbocycles. The monoisotopic (exact) mass is 440 g/mol. The third-order valence-electron chi connectivity index (χ3n) is 3.33. The molecule has 0 aliphatic carbocycles. The molecule has 0 radical (unpaired) electrons. The lowest BCUT2D eigenvalue weighted by molar-refractivity contribution is -0.139. The van der Waals surface area contributed by atoms with E-state index in [1.807, 2.05) is 12.1 Å². The van der Waals surface area contributed by atoms with Gasteiger partial charge in [-0.1, -0.05) is 23.9 Å². The van der Waals surface area contributed by atoms with Crippen molar-refractivity contribution >= 4 is 49.3 Å². The Hall–Kier alpha value is -2.79. The molecule has 9 nitrogen and oxygen atoms in total. The smallest absolute Gasteiger partial charge is 0.363 e. The first-order chi connectivity index (χ1) is 13.7. The molecule has 2 rings (SSSR count). The lowest BCUT2D eigenvalue weighted by Crippen LogP contribution is -2.20. The largest absolute Gasteiger partial charge is 0.462 e. The van der Waals surface area contributed by atoms with Crippen molar-refractivity contribution in [2.24, 2.45) is 5.16 Å². The molecule has 0 N–H and O–H groups in total. The van der Waals surface area contributed by atoms with Crippen molar-refractivity contribution in [1.29, 1.82) is 0 Å². The second-order valence-electron chi connectivity index (χ2n) is 5.75. The highest BCUT2D eigenvalue weighted by molar-refractivity contribution is 7.86. The average Bonchev–Trinajstić information content (AvgIpc) is 3.09. The van der Waals surface area contributed by atoms with E-state index in [-0.39, 0.29) is 35.9 Å². The Labute approximate surface area is 172 Å². The lowest BCUT2D eigenvalue weighted by Gasteiger charge is -2.05. The number of thiazole rings is 1. The van der Waals surface area contributed by atoms with Crippen LogP contribution in [-0.4, -0.2) is 50.0 Å². The number of carbonyl (C=O) groups is 2. The van der Waals surface area contributed by atoms with Crippen molar-refractivity contribution in [1.82, 2.24) is 4.98 Å². The van der Waals surface area contributed by atoms with Gasteiger partial charge in [0.15, 0.2) is 5.01 Å². The molecule has 29 heavy (non-hydrogen) atoms. The zero-order chi connectivity index (χ0) is 21.4. The van der Waals surface area contributed by atoms with Gasteiger partial charge < -0.3 is 9.47 Å². The number of carbonyl (C=O) groups excluding carboxylic acids is 2. The van der Waals surface area contributed by atoms with Crippen LogP contribution >= 0.6 is 11.3 Å². The highest BCUT2D eigenvalue weighted by atomic mass is 32.2. The topological polar surface area (TPSA) is 121 Å². The molecular formula is C18H20N2O7S2. The molecule has 0 amide bonds. The highest BCUT2D eigenvalue weighted by Gasteiger charge is 2.23. The van der Waals surface area contributed by atoms with Crippen LogP contribution in [0.2, 0.25) is 0 Å². The van der Waals surface area contributed by atoms with Gasteiger partial charge in [0.25, 0.3) is 0 Å². The number of ether oxygens (including phenoxy) is 2. The van der Waals surface area contributed by atoms with Crippen LogP contribution in [0, 0.1) is 0 Å². The zero-order valence-electron chi connectivity index (χ0n) is 15.9. The molecule has 0 unspecified atom stereocenters. The van der Waals surface area contributed by atoms with E-state index < -0.39 is 27.8 Å². The van der Waals surface area contributed by atoms with E-state index >= 15 is 0 Å². The van der Waals surface area contributed by atoms with E-state index in [0.717, 1.165) is 16.0 Å². The summed E-state index contributed by atoms with van der Waals surface area (Å²) in [4.78, 5) is 27.8. The van der Waals surface area contributed by atoms with Crippen LogP contribution in [-0.2, 0) is 33.5 Å². The van der Waals surface area contributed by atoms with Crippen LogP contribution in [0.4, 0.5) is 0 Å². The molecule has 0 atom stereocenters. The fraction of sp³-hybridized carbons (Fsp3) is 0.333. The minimum Gasteiger partial charge on any atom is -0.462 e. The molecule has 0 saturated heterocycles. The summed E-state index contributed by atoms with van der Waals surface area (Å²) < 4.78 is 39.3. The average molecular weight is 440 g/mol. The fourth-order valence-electron chi connectivity index (χ4n) is 1.99. The van der Waals surface area contributed by atoms with Gasteiger partial charge in [-0.15, -0.1) is 11.3 Å². The van der Waals surface area contributed by atoms with Gasteiger partial charge in [-0.3, -0.25) is 4.28 Å². The van der Waals surface area contributed by atoms with Crippen molar-refractivity contribution in [2.75, 3.05) is 19.0 Å². The third kappa shape index (κ3) is 6.64. The molecule has 0 spiro atoms. The number of fused-ring (bicyclic) bond motifs is 1. The Morgan fingerprint density at radius 3 is 2.59 bits per heavy atom. The van der Waals surface area contributed by atoms with E-state index in [9.17, 15) is 18.0 Å². The molecule has 0 aliphatic heterocycles. The first-order valence-electron chi connectivity index (χ1n) is 8.58. The van der Waals surface area contributed by atoms with Crippen LogP contribution in [0.5, 0.6) is 0 Å². The Bertz CT molecular complexity index is 1010. The van der Waals surface area contributed by atoms with Gasteiger partial charge in [0.05, 0.1) is 29.2 Å². The Morgan fingerprint density at radius 1 is 1.21 bits per heavy atom. The van der Waals surface area contributed by atoms with Crippen molar-refractivity contribution in [2.45, 2.75) is 20.3 Å².